The number of hydrogen-bond acceptors (Lipinski definition) is 3. The van der Waals surface area contributed by atoms with Crippen molar-refractivity contribution in [3.05, 3.63) is 42.1 Å². The van der Waals surface area contributed by atoms with Crippen LogP contribution in [-0.4, -0.2) is 16.5 Å². The van der Waals surface area contributed by atoms with Gasteiger partial charge < -0.3 is 5.73 Å². The second-order valence-electron chi connectivity index (χ2n) is 4.10. The number of rotatable bonds is 5. The average Bonchev–Trinajstić information content (AvgIpc) is 2.38. The number of hydrogen-bond donors (Lipinski definition) is 1. The van der Waals surface area contributed by atoms with E-state index in [1.165, 1.54) is 17.6 Å². The topological polar surface area (TPSA) is 38.9 Å². The normalized spacial score (nSPS) is 12.8. The van der Waals surface area contributed by atoms with Crippen molar-refractivity contribution in [2.45, 2.75) is 19.4 Å². The number of thioether (sulfide) groups is 1. The van der Waals surface area contributed by atoms with Gasteiger partial charge in [0.2, 0.25) is 0 Å². The number of fused-ring (bicyclic) bond motifs is 1. The molecule has 90 valence electrons. The summed E-state index contributed by atoms with van der Waals surface area (Å²) in [4.78, 5) is 4.44. The fourth-order valence-electron chi connectivity index (χ4n) is 1.87. The lowest BCUT2D eigenvalue weighted by Gasteiger charge is -2.13. The van der Waals surface area contributed by atoms with Crippen LogP contribution in [0.2, 0.25) is 0 Å². The van der Waals surface area contributed by atoms with Gasteiger partial charge in [-0.1, -0.05) is 31.2 Å². The van der Waals surface area contributed by atoms with E-state index in [1.54, 1.807) is 0 Å². The van der Waals surface area contributed by atoms with Crippen molar-refractivity contribution in [1.29, 1.82) is 0 Å². The fraction of sp³-hybridized carbons (Fsp3) is 0.357. The second-order valence-corrected chi connectivity index (χ2v) is 5.25. The van der Waals surface area contributed by atoms with Gasteiger partial charge in [0.1, 0.15) is 0 Å². The van der Waals surface area contributed by atoms with Gasteiger partial charge in [-0.15, -0.1) is 0 Å². The van der Waals surface area contributed by atoms with Gasteiger partial charge in [-0.2, -0.15) is 11.8 Å². The first kappa shape index (κ1) is 12.4. The number of nitrogens with two attached hydrogens (primary N) is 1. The lowest BCUT2D eigenvalue weighted by atomic mass is 10.0. The Labute approximate surface area is 107 Å². The number of benzene rings is 1. The molecule has 0 saturated heterocycles. The molecular formula is C14H18N2S. The number of aromatic nitrogens is 1. The van der Waals surface area contributed by atoms with Gasteiger partial charge >= 0.3 is 0 Å². The van der Waals surface area contributed by atoms with Crippen molar-refractivity contribution in [2.24, 2.45) is 5.73 Å². The fourth-order valence-corrected chi connectivity index (χ4v) is 2.76. The Morgan fingerprint density at radius 2 is 2.12 bits per heavy atom. The molecule has 1 aromatic carbocycles. The minimum absolute atomic E-state index is 0.0742. The maximum atomic E-state index is 6.24. The molecule has 1 heterocycles. The number of pyridine rings is 1. The van der Waals surface area contributed by atoms with E-state index in [-0.39, 0.29) is 6.04 Å². The summed E-state index contributed by atoms with van der Waals surface area (Å²) in [6.07, 6.45) is 3.03. The highest BCUT2D eigenvalue weighted by Gasteiger charge is 2.10. The minimum atomic E-state index is 0.0742. The lowest BCUT2D eigenvalue weighted by molar-refractivity contribution is 0.836. The van der Waals surface area contributed by atoms with Crippen LogP contribution in [0.1, 0.15) is 24.9 Å². The lowest BCUT2D eigenvalue weighted by Crippen LogP contribution is -2.14. The Balaban J connectivity index is 2.22. The highest BCUT2D eigenvalue weighted by molar-refractivity contribution is 7.99. The van der Waals surface area contributed by atoms with E-state index in [0.29, 0.717) is 0 Å². The molecule has 17 heavy (non-hydrogen) atoms. The summed E-state index contributed by atoms with van der Waals surface area (Å²) in [6.45, 7) is 2.19. The Morgan fingerprint density at radius 1 is 1.29 bits per heavy atom. The minimum Gasteiger partial charge on any atom is -0.323 e. The molecule has 1 atom stereocenters. The van der Waals surface area contributed by atoms with Crippen molar-refractivity contribution in [1.82, 2.24) is 4.98 Å². The van der Waals surface area contributed by atoms with Crippen LogP contribution < -0.4 is 5.73 Å². The summed E-state index contributed by atoms with van der Waals surface area (Å²) in [5.74, 6) is 2.13. The van der Waals surface area contributed by atoms with Crippen LogP contribution in [0.25, 0.3) is 10.9 Å². The summed E-state index contributed by atoms with van der Waals surface area (Å²) >= 11 is 1.91. The zero-order chi connectivity index (χ0) is 12.1. The van der Waals surface area contributed by atoms with Crippen LogP contribution in [0.15, 0.2) is 36.5 Å². The van der Waals surface area contributed by atoms with Crippen molar-refractivity contribution in [2.75, 3.05) is 11.5 Å². The van der Waals surface area contributed by atoms with Crippen LogP contribution in [0.4, 0.5) is 0 Å². The SMILES string of the molecule is CCCSCC(N)c1cccc2cccnc12. The van der Waals surface area contributed by atoms with Gasteiger partial charge in [-0.3, -0.25) is 4.98 Å². The molecule has 1 unspecified atom stereocenters. The third kappa shape index (κ3) is 2.99. The largest absolute Gasteiger partial charge is 0.323 e. The Hall–Kier alpha value is -1.06. The zero-order valence-electron chi connectivity index (χ0n) is 10.1. The number of nitrogens with zero attached hydrogens (tertiary/aromatic N) is 1. The third-order valence-electron chi connectivity index (χ3n) is 2.71. The Morgan fingerprint density at radius 3 is 2.94 bits per heavy atom. The molecule has 3 heteroatoms. The number of para-hydroxylation sites is 1. The van der Waals surface area contributed by atoms with Gasteiger partial charge in [-0.05, 0) is 23.8 Å². The molecule has 2 aromatic rings. The maximum absolute atomic E-state index is 6.24. The summed E-state index contributed by atoms with van der Waals surface area (Å²) < 4.78 is 0. The van der Waals surface area contributed by atoms with Gasteiger partial charge in [0, 0.05) is 23.4 Å². The van der Waals surface area contributed by atoms with E-state index in [2.05, 4.69) is 36.2 Å². The first-order chi connectivity index (χ1) is 8.33. The van der Waals surface area contributed by atoms with Gasteiger partial charge in [0.25, 0.3) is 0 Å². The monoisotopic (exact) mass is 246 g/mol. The molecule has 0 spiro atoms. The molecule has 1 aromatic heterocycles. The summed E-state index contributed by atoms with van der Waals surface area (Å²) in [5.41, 5.74) is 8.44. The molecule has 2 rings (SSSR count). The average molecular weight is 246 g/mol. The van der Waals surface area contributed by atoms with E-state index < -0.39 is 0 Å². The van der Waals surface area contributed by atoms with Crippen molar-refractivity contribution >= 4 is 22.7 Å². The van der Waals surface area contributed by atoms with E-state index in [0.717, 1.165) is 16.8 Å². The molecule has 0 bridgehead atoms. The summed E-state index contributed by atoms with van der Waals surface area (Å²) in [6, 6.07) is 10.3. The quantitative estimate of drug-likeness (QED) is 0.822. The standard InChI is InChI=1S/C14H18N2S/c1-2-9-17-10-13(15)12-7-3-5-11-6-4-8-16-14(11)12/h3-8,13H,2,9-10,15H2,1H3. The molecule has 0 amide bonds. The molecule has 0 saturated carbocycles. The Kier molecular flexibility index (Phi) is 4.40. The molecule has 2 N–H and O–H groups in total. The van der Waals surface area contributed by atoms with Crippen molar-refractivity contribution in [3.8, 4) is 0 Å². The predicted molar refractivity (Wildman–Crippen MR) is 76.3 cm³/mol. The molecule has 0 aliphatic carbocycles. The second kappa shape index (κ2) is 6.03. The molecule has 0 aliphatic rings. The van der Waals surface area contributed by atoms with Gasteiger partial charge in [0.15, 0.2) is 0 Å². The highest BCUT2D eigenvalue weighted by Crippen LogP contribution is 2.23. The predicted octanol–water partition coefficient (Wildman–Crippen LogP) is 3.38. The Bertz CT molecular complexity index is 479. The smallest absolute Gasteiger partial charge is 0.0749 e. The van der Waals surface area contributed by atoms with E-state index in [1.807, 2.05) is 24.0 Å². The first-order valence-corrected chi connectivity index (χ1v) is 7.15. The zero-order valence-corrected chi connectivity index (χ0v) is 10.9. The van der Waals surface area contributed by atoms with Crippen molar-refractivity contribution in [3.63, 3.8) is 0 Å². The molecule has 2 nitrogen and oxygen atoms in total. The molecular weight excluding hydrogens is 228 g/mol. The summed E-state index contributed by atoms with van der Waals surface area (Å²) in [7, 11) is 0. The van der Waals surface area contributed by atoms with Crippen LogP contribution in [0, 0.1) is 0 Å². The highest BCUT2D eigenvalue weighted by atomic mass is 32.2. The molecule has 0 fully saturated rings. The van der Waals surface area contributed by atoms with Gasteiger partial charge in [-0.25, -0.2) is 0 Å². The van der Waals surface area contributed by atoms with Crippen LogP contribution >= 0.6 is 11.8 Å². The van der Waals surface area contributed by atoms with Crippen molar-refractivity contribution < 1.29 is 0 Å². The molecule has 0 aliphatic heterocycles. The van der Waals surface area contributed by atoms with E-state index >= 15 is 0 Å². The first-order valence-electron chi connectivity index (χ1n) is 6.00. The van der Waals surface area contributed by atoms with Crippen LogP contribution in [0.5, 0.6) is 0 Å². The van der Waals surface area contributed by atoms with Crippen LogP contribution in [0.3, 0.4) is 0 Å². The van der Waals surface area contributed by atoms with E-state index in [4.69, 9.17) is 5.73 Å². The van der Waals surface area contributed by atoms with Gasteiger partial charge in [0.05, 0.1) is 5.52 Å². The van der Waals surface area contributed by atoms with Crippen LogP contribution in [-0.2, 0) is 0 Å². The third-order valence-corrected chi connectivity index (χ3v) is 4.00. The maximum Gasteiger partial charge on any atom is 0.0749 e. The summed E-state index contributed by atoms with van der Waals surface area (Å²) in [5, 5.41) is 1.17. The van der Waals surface area contributed by atoms with E-state index in [9.17, 15) is 0 Å². The molecule has 0 radical (unpaired) electrons.